The van der Waals surface area contributed by atoms with Crippen molar-refractivity contribution in [1.29, 1.82) is 0 Å². The van der Waals surface area contributed by atoms with Gasteiger partial charge in [-0.25, -0.2) is 4.79 Å². The van der Waals surface area contributed by atoms with Crippen LogP contribution in [0, 0.1) is 0 Å². The van der Waals surface area contributed by atoms with Gasteiger partial charge in [0.05, 0.1) is 11.8 Å². The Balaban J connectivity index is 1.86. The molecule has 0 radical (unpaired) electrons. The minimum atomic E-state index is -0.622. The van der Waals surface area contributed by atoms with Gasteiger partial charge in [-0.05, 0) is 6.42 Å². The van der Waals surface area contributed by atoms with Crippen LogP contribution >= 0.6 is 0 Å². The summed E-state index contributed by atoms with van der Waals surface area (Å²) in [5.74, 6) is -1.31. The van der Waals surface area contributed by atoms with Crippen LogP contribution in [0.4, 0.5) is 0 Å². The molecule has 96 valence electrons. The van der Waals surface area contributed by atoms with Crippen molar-refractivity contribution in [1.82, 2.24) is 14.7 Å². The summed E-state index contributed by atoms with van der Waals surface area (Å²) in [6.45, 7) is -0.0123. The Bertz CT molecular complexity index is 494. The number of likely N-dealkylation sites (tertiary alicyclic amines) is 1. The van der Waals surface area contributed by atoms with Crippen LogP contribution in [0.1, 0.15) is 23.2 Å². The molecule has 1 fully saturated rings. The van der Waals surface area contributed by atoms with Gasteiger partial charge in [0.25, 0.3) is 5.91 Å². The molecule has 18 heavy (non-hydrogen) atoms. The highest BCUT2D eigenvalue weighted by atomic mass is 16.5. The number of amides is 2. The third kappa shape index (κ3) is 2.55. The lowest BCUT2D eigenvalue weighted by atomic mass is 10.4. The fourth-order valence-electron chi connectivity index (χ4n) is 1.73. The molecule has 2 rings (SSSR count). The van der Waals surface area contributed by atoms with Gasteiger partial charge < -0.3 is 4.74 Å². The summed E-state index contributed by atoms with van der Waals surface area (Å²) in [4.78, 5) is 35.5. The van der Waals surface area contributed by atoms with E-state index in [1.165, 1.54) is 17.1 Å². The van der Waals surface area contributed by atoms with E-state index < -0.39 is 18.5 Å². The van der Waals surface area contributed by atoms with Crippen LogP contribution < -0.4 is 0 Å². The molecule has 2 amide bonds. The second-order valence-electron chi connectivity index (χ2n) is 4.02. The number of esters is 1. The summed E-state index contributed by atoms with van der Waals surface area (Å²) in [6, 6.07) is 0. The number of imide groups is 1. The van der Waals surface area contributed by atoms with Crippen molar-refractivity contribution in [2.45, 2.75) is 12.8 Å². The highest BCUT2D eigenvalue weighted by molar-refractivity contribution is 5.98. The maximum atomic E-state index is 11.6. The Morgan fingerprint density at radius 1 is 1.50 bits per heavy atom. The summed E-state index contributed by atoms with van der Waals surface area (Å²) < 4.78 is 6.29. The first-order valence-electron chi connectivity index (χ1n) is 5.57. The van der Waals surface area contributed by atoms with Gasteiger partial charge in [0.15, 0.2) is 6.61 Å². The number of ether oxygens (including phenoxy) is 1. The Morgan fingerprint density at radius 3 is 2.83 bits per heavy atom. The lowest BCUT2D eigenvalue weighted by Crippen LogP contribution is -2.35. The first-order valence-corrected chi connectivity index (χ1v) is 5.57. The molecule has 0 saturated carbocycles. The molecule has 2 heterocycles. The smallest absolute Gasteiger partial charge is 0.341 e. The van der Waals surface area contributed by atoms with Crippen molar-refractivity contribution in [3.8, 4) is 0 Å². The first-order chi connectivity index (χ1) is 8.58. The lowest BCUT2D eigenvalue weighted by Gasteiger charge is -2.12. The van der Waals surface area contributed by atoms with Crippen LogP contribution in [0.3, 0.4) is 0 Å². The van der Waals surface area contributed by atoms with E-state index in [1.54, 1.807) is 7.05 Å². The van der Waals surface area contributed by atoms with E-state index in [0.29, 0.717) is 19.4 Å². The number of nitrogens with zero attached hydrogens (tertiary/aromatic N) is 3. The van der Waals surface area contributed by atoms with Crippen molar-refractivity contribution in [2.75, 3.05) is 13.2 Å². The van der Waals surface area contributed by atoms with E-state index in [1.807, 2.05) is 0 Å². The van der Waals surface area contributed by atoms with E-state index in [-0.39, 0.29) is 11.5 Å². The Morgan fingerprint density at radius 2 is 2.28 bits per heavy atom. The molecule has 1 saturated heterocycles. The summed E-state index contributed by atoms with van der Waals surface area (Å²) in [5.41, 5.74) is 0.276. The molecule has 7 nitrogen and oxygen atoms in total. The molecular formula is C11H13N3O4. The van der Waals surface area contributed by atoms with E-state index >= 15 is 0 Å². The molecule has 1 aliphatic rings. The lowest BCUT2D eigenvalue weighted by molar-refractivity contribution is -0.143. The van der Waals surface area contributed by atoms with Crippen LogP contribution in [0.25, 0.3) is 0 Å². The average Bonchev–Trinajstić information content (AvgIpc) is 2.94. The van der Waals surface area contributed by atoms with Gasteiger partial charge in [-0.1, -0.05) is 0 Å². The molecule has 0 aromatic carbocycles. The van der Waals surface area contributed by atoms with E-state index in [0.717, 1.165) is 4.90 Å². The molecule has 1 aromatic rings. The SMILES string of the molecule is Cn1cc(C(=O)OCC(=O)N2CCCC2=O)cn1. The zero-order chi connectivity index (χ0) is 13.1. The molecule has 0 N–H and O–H groups in total. The summed E-state index contributed by atoms with van der Waals surface area (Å²) in [5, 5.41) is 3.82. The van der Waals surface area contributed by atoms with Gasteiger partial charge in [0, 0.05) is 26.2 Å². The summed E-state index contributed by atoms with van der Waals surface area (Å²) in [7, 11) is 1.67. The number of aryl methyl sites for hydroxylation is 1. The van der Waals surface area contributed by atoms with Crippen LogP contribution in [-0.4, -0.2) is 45.6 Å². The third-order valence-corrected chi connectivity index (χ3v) is 2.64. The minimum Gasteiger partial charge on any atom is -0.452 e. The number of carbonyl (C=O) groups is 3. The molecule has 1 aromatic heterocycles. The van der Waals surface area contributed by atoms with Crippen molar-refractivity contribution in [3.05, 3.63) is 18.0 Å². The van der Waals surface area contributed by atoms with E-state index in [9.17, 15) is 14.4 Å². The molecule has 0 aliphatic carbocycles. The van der Waals surface area contributed by atoms with Crippen LogP contribution in [0.5, 0.6) is 0 Å². The topological polar surface area (TPSA) is 81.5 Å². The second kappa shape index (κ2) is 4.99. The molecular weight excluding hydrogens is 238 g/mol. The van der Waals surface area contributed by atoms with E-state index in [4.69, 9.17) is 4.74 Å². The monoisotopic (exact) mass is 251 g/mol. The molecule has 0 atom stereocenters. The van der Waals surface area contributed by atoms with Gasteiger partial charge in [-0.15, -0.1) is 0 Å². The minimum absolute atomic E-state index is 0.211. The van der Waals surface area contributed by atoms with Crippen molar-refractivity contribution < 1.29 is 19.1 Å². The zero-order valence-electron chi connectivity index (χ0n) is 9.96. The normalized spacial score (nSPS) is 14.9. The van der Waals surface area contributed by atoms with Crippen LogP contribution in [0.15, 0.2) is 12.4 Å². The summed E-state index contributed by atoms with van der Waals surface area (Å²) in [6.07, 6.45) is 3.89. The fourth-order valence-corrected chi connectivity index (χ4v) is 1.73. The molecule has 1 aliphatic heterocycles. The molecule has 0 spiro atoms. The van der Waals surface area contributed by atoms with Gasteiger partial charge in [0.2, 0.25) is 5.91 Å². The highest BCUT2D eigenvalue weighted by Gasteiger charge is 2.27. The summed E-state index contributed by atoms with van der Waals surface area (Å²) >= 11 is 0. The van der Waals surface area contributed by atoms with Gasteiger partial charge in [-0.2, -0.15) is 5.10 Å². The van der Waals surface area contributed by atoms with Gasteiger partial charge >= 0.3 is 5.97 Å². The van der Waals surface area contributed by atoms with Crippen molar-refractivity contribution in [2.24, 2.45) is 7.05 Å². The molecule has 0 unspecified atom stereocenters. The number of hydrogen-bond donors (Lipinski definition) is 0. The van der Waals surface area contributed by atoms with Crippen molar-refractivity contribution >= 4 is 17.8 Å². The second-order valence-corrected chi connectivity index (χ2v) is 4.02. The number of carbonyl (C=O) groups excluding carboxylic acids is 3. The van der Waals surface area contributed by atoms with Gasteiger partial charge in [0.1, 0.15) is 0 Å². The van der Waals surface area contributed by atoms with Crippen LogP contribution in [0.2, 0.25) is 0 Å². The maximum Gasteiger partial charge on any atom is 0.341 e. The van der Waals surface area contributed by atoms with Crippen molar-refractivity contribution in [3.63, 3.8) is 0 Å². The first kappa shape index (κ1) is 12.3. The standard InChI is InChI=1S/C11H13N3O4/c1-13-6-8(5-12-13)11(17)18-7-10(16)14-4-2-3-9(14)15/h5-6H,2-4,7H2,1H3. The Labute approximate surface area is 103 Å². The predicted molar refractivity (Wildman–Crippen MR) is 59.4 cm³/mol. The van der Waals surface area contributed by atoms with Crippen LogP contribution in [-0.2, 0) is 21.4 Å². The fraction of sp³-hybridized carbons (Fsp3) is 0.455. The number of rotatable bonds is 3. The highest BCUT2D eigenvalue weighted by Crippen LogP contribution is 2.10. The average molecular weight is 251 g/mol. The van der Waals surface area contributed by atoms with E-state index in [2.05, 4.69) is 5.10 Å². The zero-order valence-corrected chi connectivity index (χ0v) is 9.96. The van der Waals surface area contributed by atoms with Gasteiger partial charge in [-0.3, -0.25) is 19.2 Å². The largest absolute Gasteiger partial charge is 0.452 e. The molecule has 0 bridgehead atoms. The Hall–Kier alpha value is -2.18. The third-order valence-electron chi connectivity index (χ3n) is 2.64. The predicted octanol–water partition coefficient (Wildman–Crippen LogP) is -0.274. The molecule has 7 heteroatoms. The maximum absolute atomic E-state index is 11.6. The Kier molecular flexibility index (Phi) is 3.40. The number of hydrogen-bond acceptors (Lipinski definition) is 5. The quantitative estimate of drug-likeness (QED) is 0.690. The number of aromatic nitrogens is 2.